The number of fused-ring (bicyclic) bond motifs is 1. The van der Waals surface area contributed by atoms with Gasteiger partial charge in [-0.3, -0.25) is 4.98 Å². The van der Waals surface area contributed by atoms with Gasteiger partial charge < -0.3 is 9.47 Å². The molecule has 0 N–H and O–H groups in total. The van der Waals surface area contributed by atoms with Crippen molar-refractivity contribution in [3.63, 3.8) is 0 Å². The summed E-state index contributed by atoms with van der Waals surface area (Å²) in [5.74, 6) is 1.68. The second-order valence-corrected chi connectivity index (χ2v) is 5.47. The van der Waals surface area contributed by atoms with Gasteiger partial charge in [0.25, 0.3) is 0 Å². The van der Waals surface area contributed by atoms with Gasteiger partial charge >= 0.3 is 0 Å². The lowest BCUT2D eigenvalue weighted by atomic mass is 10.1. The standard InChI is InChI=1S/C15H14BrNO2/c16-13(10-11-4-1-2-7-17-11)12-5-3-6-14-15(12)19-9-8-18-14/h1-7,13H,8-10H2. The van der Waals surface area contributed by atoms with Crippen LogP contribution < -0.4 is 9.47 Å². The van der Waals surface area contributed by atoms with E-state index in [2.05, 4.69) is 27.0 Å². The van der Waals surface area contributed by atoms with E-state index in [0.29, 0.717) is 13.2 Å². The molecular formula is C15H14BrNO2. The van der Waals surface area contributed by atoms with E-state index < -0.39 is 0 Å². The number of halogens is 1. The number of alkyl halides is 1. The van der Waals surface area contributed by atoms with Gasteiger partial charge in [0.1, 0.15) is 13.2 Å². The topological polar surface area (TPSA) is 31.4 Å². The highest BCUT2D eigenvalue weighted by atomic mass is 79.9. The lowest BCUT2D eigenvalue weighted by Gasteiger charge is -2.22. The second kappa shape index (κ2) is 5.61. The van der Waals surface area contributed by atoms with Crippen LogP contribution in [0.15, 0.2) is 42.6 Å². The molecule has 1 unspecified atom stereocenters. The lowest BCUT2D eigenvalue weighted by Crippen LogP contribution is -2.17. The van der Waals surface area contributed by atoms with Crippen molar-refractivity contribution >= 4 is 15.9 Å². The van der Waals surface area contributed by atoms with E-state index >= 15 is 0 Å². The van der Waals surface area contributed by atoms with Crippen LogP contribution in [0.1, 0.15) is 16.1 Å². The van der Waals surface area contributed by atoms with Crippen LogP contribution in [-0.4, -0.2) is 18.2 Å². The third kappa shape index (κ3) is 2.73. The van der Waals surface area contributed by atoms with Crippen molar-refractivity contribution < 1.29 is 9.47 Å². The molecule has 3 nitrogen and oxygen atoms in total. The Morgan fingerprint density at radius 2 is 2.00 bits per heavy atom. The molecule has 0 aliphatic carbocycles. The van der Waals surface area contributed by atoms with E-state index in [1.807, 2.05) is 36.5 Å². The van der Waals surface area contributed by atoms with Crippen LogP contribution in [0, 0.1) is 0 Å². The van der Waals surface area contributed by atoms with E-state index in [9.17, 15) is 0 Å². The molecule has 1 aliphatic rings. The minimum atomic E-state index is 0.166. The number of pyridine rings is 1. The molecule has 0 radical (unpaired) electrons. The van der Waals surface area contributed by atoms with Crippen LogP contribution in [0.3, 0.4) is 0 Å². The van der Waals surface area contributed by atoms with Crippen LogP contribution in [-0.2, 0) is 6.42 Å². The van der Waals surface area contributed by atoms with E-state index in [-0.39, 0.29) is 4.83 Å². The molecule has 2 aromatic rings. The summed E-state index contributed by atoms with van der Waals surface area (Å²) in [6.45, 7) is 1.22. The minimum Gasteiger partial charge on any atom is -0.486 e. The smallest absolute Gasteiger partial charge is 0.165 e. The van der Waals surface area contributed by atoms with E-state index in [0.717, 1.165) is 29.2 Å². The van der Waals surface area contributed by atoms with Gasteiger partial charge in [0, 0.05) is 28.7 Å². The fourth-order valence-electron chi connectivity index (χ4n) is 2.16. The van der Waals surface area contributed by atoms with Gasteiger partial charge in [-0.2, -0.15) is 0 Å². The van der Waals surface area contributed by atoms with Crippen LogP contribution in [0.2, 0.25) is 0 Å². The second-order valence-electron chi connectivity index (χ2n) is 4.36. The zero-order valence-corrected chi connectivity index (χ0v) is 12.0. The van der Waals surface area contributed by atoms with Gasteiger partial charge in [0.05, 0.1) is 0 Å². The summed E-state index contributed by atoms with van der Waals surface area (Å²) < 4.78 is 11.3. The number of nitrogens with zero attached hydrogens (tertiary/aromatic N) is 1. The van der Waals surface area contributed by atoms with Crippen molar-refractivity contribution in [3.8, 4) is 11.5 Å². The predicted molar refractivity (Wildman–Crippen MR) is 77.0 cm³/mol. The highest BCUT2D eigenvalue weighted by Crippen LogP contribution is 2.40. The van der Waals surface area contributed by atoms with Crippen molar-refractivity contribution in [2.45, 2.75) is 11.2 Å². The van der Waals surface area contributed by atoms with Crippen molar-refractivity contribution in [2.24, 2.45) is 0 Å². The van der Waals surface area contributed by atoms with Gasteiger partial charge in [0.15, 0.2) is 11.5 Å². The van der Waals surface area contributed by atoms with Crippen molar-refractivity contribution in [1.82, 2.24) is 4.98 Å². The molecule has 1 aromatic carbocycles. The quantitative estimate of drug-likeness (QED) is 0.811. The first-order valence-corrected chi connectivity index (χ1v) is 7.18. The molecule has 0 amide bonds. The number of benzene rings is 1. The Bertz CT molecular complexity index is 559. The van der Waals surface area contributed by atoms with E-state index in [4.69, 9.17) is 9.47 Å². The maximum absolute atomic E-state index is 5.74. The Morgan fingerprint density at radius 3 is 2.84 bits per heavy atom. The molecule has 0 spiro atoms. The summed E-state index contributed by atoms with van der Waals surface area (Å²) in [5.41, 5.74) is 2.17. The summed E-state index contributed by atoms with van der Waals surface area (Å²) in [4.78, 5) is 4.52. The number of para-hydroxylation sites is 1. The molecular weight excluding hydrogens is 306 g/mol. The first kappa shape index (κ1) is 12.5. The molecule has 1 aliphatic heterocycles. The Morgan fingerprint density at radius 1 is 1.11 bits per heavy atom. The summed E-state index contributed by atoms with van der Waals surface area (Å²) in [6.07, 6.45) is 2.63. The summed E-state index contributed by atoms with van der Waals surface area (Å²) in [7, 11) is 0. The van der Waals surface area contributed by atoms with Crippen LogP contribution in [0.25, 0.3) is 0 Å². The predicted octanol–water partition coefficient (Wildman–Crippen LogP) is 3.53. The molecule has 0 saturated heterocycles. The molecule has 0 saturated carbocycles. The molecule has 2 heterocycles. The minimum absolute atomic E-state index is 0.166. The summed E-state index contributed by atoms with van der Waals surface area (Å²) in [5, 5.41) is 0. The van der Waals surface area contributed by atoms with E-state index in [1.54, 1.807) is 0 Å². The number of aromatic nitrogens is 1. The first-order valence-electron chi connectivity index (χ1n) is 6.27. The van der Waals surface area contributed by atoms with Crippen molar-refractivity contribution in [1.29, 1.82) is 0 Å². The number of hydrogen-bond acceptors (Lipinski definition) is 3. The molecule has 0 fully saturated rings. The largest absolute Gasteiger partial charge is 0.486 e. The molecule has 1 atom stereocenters. The fraction of sp³-hybridized carbons (Fsp3) is 0.267. The summed E-state index contributed by atoms with van der Waals surface area (Å²) in [6, 6.07) is 12.0. The van der Waals surface area contributed by atoms with Gasteiger partial charge in [-0.25, -0.2) is 0 Å². The van der Waals surface area contributed by atoms with Gasteiger partial charge in [-0.1, -0.05) is 34.1 Å². The van der Waals surface area contributed by atoms with Crippen LogP contribution in [0.4, 0.5) is 0 Å². The molecule has 0 bridgehead atoms. The summed E-state index contributed by atoms with van der Waals surface area (Å²) >= 11 is 3.73. The first-order chi connectivity index (χ1) is 9.34. The third-order valence-corrected chi connectivity index (χ3v) is 3.87. The van der Waals surface area contributed by atoms with Gasteiger partial charge in [0.2, 0.25) is 0 Å². The van der Waals surface area contributed by atoms with Crippen LogP contribution >= 0.6 is 15.9 Å². The van der Waals surface area contributed by atoms with Crippen molar-refractivity contribution in [3.05, 3.63) is 53.9 Å². The Hall–Kier alpha value is -1.55. The average Bonchev–Trinajstić information content (AvgIpc) is 2.47. The molecule has 19 heavy (non-hydrogen) atoms. The SMILES string of the molecule is BrC(Cc1ccccn1)c1cccc2c1OCCO2. The molecule has 98 valence electrons. The third-order valence-electron chi connectivity index (χ3n) is 3.05. The van der Waals surface area contributed by atoms with Crippen LogP contribution in [0.5, 0.6) is 11.5 Å². The van der Waals surface area contributed by atoms with Crippen molar-refractivity contribution in [2.75, 3.05) is 13.2 Å². The zero-order valence-electron chi connectivity index (χ0n) is 10.4. The normalized spacial score (nSPS) is 15.0. The number of hydrogen-bond donors (Lipinski definition) is 0. The highest BCUT2D eigenvalue weighted by molar-refractivity contribution is 9.09. The number of rotatable bonds is 3. The van der Waals surface area contributed by atoms with Gasteiger partial charge in [-0.05, 0) is 18.2 Å². The Kier molecular flexibility index (Phi) is 3.69. The van der Waals surface area contributed by atoms with Gasteiger partial charge in [-0.15, -0.1) is 0 Å². The Labute approximate surface area is 120 Å². The molecule has 3 rings (SSSR count). The molecule has 1 aromatic heterocycles. The average molecular weight is 320 g/mol. The highest BCUT2D eigenvalue weighted by Gasteiger charge is 2.20. The number of ether oxygens (including phenoxy) is 2. The monoisotopic (exact) mass is 319 g/mol. The maximum Gasteiger partial charge on any atom is 0.165 e. The Balaban J connectivity index is 1.86. The zero-order chi connectivity index (χ0) is 13.1. The lowest BCUT2D eigenvalue weighted by molar-refractivity contribution is 0.170. The van der Waals surface area contributed by atoms with E-state index in [1.165, 1.54) is 0 Å². The molecule has 4 heteroatoms. The fourth-order valence-corrected chi connectivity index (χ4v) is 2.85. The maximum atomic E-state index is 5.74.